The summed E-state index contributed by atoms with van der Waals surface area (Å²) in [5.74, 6) is -1.01. The van der Waals surface area contributed by atoms with E-state index in [1.807, 2.05) is 0 Å². The molecule has 0 aliphatic heterocycles. The van der Waals surface area contributed by atoms with Gasteiger partial charge in [-0.05, 0) is 46.5 Å². The number of carboxylic acids is 1. The number of nitrogens with zero attached hydrogens (tertiary/aromatic N) is 4. The van der Waals surface area contributed by atoms with Gasteiger partial charge in [0.2, 0.25) is 0 Å². The molecule has 0 bridgehead atoms. The van der Waals surface area contributed by atoms with Gasteiger partial charge in [-0.15, -0.1) is 0 Å². The topological polar surface area (TPSA) is 90.4 Å². The number of azide groups is 1. The van der Waals surface area contributed by atoms with Crippen LogP contribution in [0.5, 0.6) is 0 Å². The van der Waals surface area contributed by atoms with Crippen LogP contribution < -0.4 is 0 Å². The van der Waals surface area contributed by atoms with E-state index in [0.717, 1.165) is 22.4 Å². The zero-order valence-corrected chi connectivity index (χ0v) is 11.1. The van der Waals surface area contributed by atoms with Crippen molar-refractivity contribution in [2.75, 3.05) is 0 Å². The van der Waals surface area contributed by atoms with Crippen molar-refractivity contribution in [3.63, 3.8) is 0 Å². The lowest BCUT2D eigenvalue weighted by Crippen LogP contribution is -1.90. The Hall–Kier alpha value is -3.29. The molecule has 0 fully saturated rings. The van der Waals surface area contributed by atoms with Crippen molar-refractivity contribution in [1.82, 2.24) is 0 Å². The van der Waals surface area contributed by atoms with Crippen LogP contribution in [0.4, 0.5) is 11.4 Å². The van der Waals surface area contributed by atoms with Crippen molar-refractivity contribution >= 4 is 33.7 Å². The predicted molar refractivity (Wildman–Crippen MR) is 80.3 cm³/mol. The highest BCUT2D eigenvalue weighted by Gasteiger charge is 2.06. The third-order valence-electron chi connectivity index (χ3n) is 3.00. The lowest BCUT2D eigenvalue weighted by Gasteiger charge is -2.06. The Morgan fingerprint density at radius 3 is 2.71 bits per heavy atom. The van der Waals surface area contributed by atoms with Crippen LogP contribution in [0.1, 0.15) is 12.5 Å². The summed E-state index contributed by atoms with van der Waals surface area (Å²) in [5, 5.41) is 13.9. The Bertz CT molecular complexity index is 856. The highest BCUT2D eigenvalue weighted by molar-refractivity contribution is 5.95. The average Bonchev–Trinajstić information content (AvgIpc) is 2.45. The summed E-state index contributed by atoms with van der Waals surface area (Å²) in [6.07, 6.45) is 1.13. The number of hydrogen-bond acceptors (Lipinski definition) is 2. The number of carbonyl (C=O) groups is 1. The lowest BCUT2D eigenvalue weighted by molar-refractivity contribution is -0.131. The summed E-state index contributed by atoms with van der Waals surface area (Å²) < 4.78 is 0. The molecule has 102 valence electrons. The van der Waals surface area contributed by atoms with E-state index in [2.05, 4.69) is 14.9 Å². The lowest BCUT2D eigenvalue weighted by atomic mass is 10.0. The summed E-state index contributed by atoms with van der Waals surface area (Å²) in [4.78, 5) is 16.7. The Labute approximate surface area is 120 Å². The second-order valence-corrected chi connectivity index (χ2v) is 4.37. The SMILES string of the molecule is [C-]#[N+]c1cc2cc(/C(C)=C/C(=O)O)ccc2cc1N=[N+]=[N-]. The van der Waals surface area contributed by atoms with E-state index in [9.17, 15) is 4.79 Å². The fourth-order valence-corrected chi connectivity index (χ4v) is 2.01. The molecule has 0 radical (unpaired) electrons. The van der Waals surface area contributed by atoms with Crippen molar-refractivity contribution in [1.29, 1.82) is 0 Å². The molecule has 0 spiro atoms. The summed E-state index contributed by atoms with van der Waals surface area (Å²) in [6.45, 7) is 8.83. The minimum atomic E-state index is -1.01. The van der Waals surface area contributed by atoms with Crippen LogP contribution >= 0.6 is 0 Å². The molecule has 0 heterocycles. The number of benzene rings is 2. The van der Waals surface area contributed by atoms with E-state index in [1.54, 1.807) is 37.3 Å². The Morgan fingerprint density at radius 1 is 1.33 bits per heavy atom. The van der Waals surface area contributed by atoms with Gasteiger partial charge < -0.3 is 5.11 Å². The second kappa shape index (κ2) is 5.78. The van der Waals surface area contributed by atoms with Crippen LogP contribution in [0.3, 0.4) is 0 Å². The molecule has 0 aromatic heterocycles. The highest BCUT2D eigenvalue weighted by atomic mass is 16.4. The standard InChI is InChI=1S/C15H10N4O2/c1-9(5-15(20)21)10-3-4-11-7-14(18-19-16)13(17-2)8-12(11)6-10/h3-8H,1H3,(H,20,21)/b9-5+. The maximum Gasteiger partial charge on any atom is 0.328 e. The van der Waals surface area contributed by atoms with Gasteiger partial charge in [-0.2, -0.15) is 0 Å². The van der Waals surface area contributed by atoms with E-state index >= 15 is 0 Å². The molecule has 0 saturated heterocycles. The average molecular weight is 278 g/mol. The van der Waals surface area contributed by atoms with Crippen molar-refractivity contribution in [3.05, 3.63) is 63.8 Å². The van der Waals surface area contributed by atoms with E-state index in [4.69, 9.17) is 17.2 Å². The Morgan fingerprint density at radius 2 is 2.10 bits per heavy atom. The zero-order valence-electron chi connectivity index (χ0n) is 11.1. The largest absolute Gasteiger partial charge is 0.478 e. The van der Waals surface area contributed by atoms with Gasteiger partial charge in [0.05, 0.1) is 6.57 Å². The van der Waals surface area contributed by atoms with Crippen LogP contribution in [-0.4, -0.2) is 11.1 Å². The van der Waals surface area contributed by atoms with E-state index in [-0.39, 0.29) is 11.4 Å². The Kier molecular flexibility index (Phi) is 3.89. The summed E-state index contributed by atoms with van der Waals surface area (Å²) >= 11 is 0. The normalized spacial score (nSPS) is 10.8. The minimum absolute atomic E-state index is 0.261. The van der Waals surface area contributed by atoms with Gasteiger partial charge in [0.15, 0.2) is 5.69 Å². The van der Waals surface area contributed by atoms with Crippen molar-refractivity contribution in [3.8, 4) is 0 Å². The van der Waals surface area contributed by atoms with E-state index in [0.29, 0.717) is 5.57 Å². The Balaban J connectivity index is 2.64. The van der Waals surface area contributed by atoms with Crippen LogP contribution in [0.25, 0.3) is 31.6 Å². The summed E-state index contributed by atoms with van der Waals surface area (Å²) in [5.41, 5.74) is 10.4. The van der Waals surface area contributed by atoms with Crippen molar-refractivity contribution < 1.29 is 9.90 Å². The molecule has 2 rings (SSSR count). The molecule has 21 heavy (non-hydrogen) atoms. The first-order chi connectivity index (χ1) is 10.0. The fourth-order valence-electron chi connectivity index (χ4n) is 2.01. The maximum atomic E-state index is 10.7. The van der Waals surface area contributed by atoms with E-state index < -0.39 is 5.97 Å². The number of hydrogen-bond donors (Lipinski definition) is 1. The maximum absolute atomic E-state index is 10.7. The first kappa shape index (κ1) is 14.1. The molecule has 0 atom stereocenters. The first-order valence-corrected chi connectivity index (χ1v) is 5.97. The molecule has 0 unspecified atom stereocenters. The molecule has 1 N–H and O–H groups in total. The van der Waals surface area contributed by atoms with Crippen molar-refractivity contribution in [2.45, 2.75) is 6.92 Å². The summed E-state index contributed by atoms with van der Waals surface area (Å²) in [7, 11) is 0. The molecular weight excluding hydrogens is 268 g/mol. The van der Waals surface area contributed by atoms with Crippen LogP contribution in [0, 0.1) is 6.57 Å². The van der Waals surface area contributed by atoms with Gasteiger partial charge in [-0.1, -0.05) is 23.3 Å². The van der Waals surface area contributed by atoms with Gasteiger partial charge in [-0.25, -0.2) is 9.64 Å². The monoisotopic (exact) mass is 278 g/mol. The third kappa shape index (κ3) is 3.00. The van der Waals surface area contributed by atoms with Crippen molar-refractivity contribution in [2.24, 2.45) is 5.11 Å². The zero-order chi connectivity index (χ0) is 15.4. The second-order valence-electron chi connectivity index (χ2n) is 4.37. The van der Waals surface area contributed by atoms with E-state index in [1.165, 1.54) is 0 Å². The molecule has 6 nitrogen and oxygen atoms in total. The number of carboxylic acid groups (broad SMARTS) is 1. The molecule has 0 saturated carbocycles. The number of allylic oxidation sites excluding steroid dienone is 1. The quantitative estimate of drug-likeness (QED) is 0.286. The molecular formula is C15H10N4O2. The number of aliphatic carboxylic acids is 1. The molecule has 6 heteroatoms. The predicted octanol–water partition coefficient (Wildman–Crippen LogP) is 4.82. The fraction of sp³-hybridized carbons (Fsp3) is 0.0667. The number of fused-ring (bicyclic) bond motifs is 1. The number of rotatable bonds is 3. The first-order valence-electron chi connectivity index (χ1n) is 5.97. The highest BCUT2D eigenvalue weighted by Crippen LogP contribution is 2.34. The minimum Gasteiger partial charge on any atom is -0.478 e. The van der Waals surface area contributed by atoms with Gasteiger partial charge in [0.1, 0.15) is 0 Å². The van der Waals surface area contributed by atoms with Crippen LogP contribution in [0.15, 0.2) is 41.5 Å². The molecule has 0 aliphatic carbocycles. The molecule has 0 amide bonds. The van der Waals surface area contributed by atoms with Gasteiger partial charge >= 0.3 is 5.97 Å². The smallest absolute Gasteiger partial charge is 0.328 e. The van der Waals surface area contributed by atoms with Gasteiger partial charge in [0, 0.05) is 16.7 Å². The van der Waals surface area contributed by atoms with Gasteiger partial charge in [0.25, 0.3) is 0 Å². The molecule has 0 aliphatic rings. The third-order valence-corrected chi connectivity index (χ3v) is 3.00. The molecule has 2 aromatic carbocycles. The van der Waals surface area contributed by atoms with Crippen LogP contribution in [0.2, 0.25) is 0 Å². The summed E-state index contributed by atoms with van der Waals surface area (Å²) in [6, 6.07) is 8.66. The van der Waals surface area contributed by atoms with Gasteiger partial charge in [-0.3, -0.25) is 0 Å². The van der Waals surface area contributed by atoms with Crippen LogP contribution in [-0.2, 0) is 4.79 Å². The molecule has 2 aromatic rings.